The summed E-state index contributed by atoms with van der Waals surface area (Å²) in [5.41, 5.74) is 9.11. The van der Waals surface area contributed by atoms with Crippen molar-refractivity contribution in [2.75, 3.05) is 0 Å². The molecule has 0 aromatic heterocycles. The number of primary amides is 1. The van der Waals surface area contributed by atoms with Gasteiger partial charge in [-0.05, 0) is 86.0 Å². The van der Waals surface area contributed by atoms with Crippen LogP contribution in [-0.2, 0) is 11.2 Å². The first-order chi connectivity index (χ1) is 11.4. The van der Waals surface area contributed by atoms with E-state index in [1.54, 1.807) is 0 Å². The molecule has 130 valence electrons. The maximum atomic E-state index is 11.3. The summed E-state index contributed by atoms with van der Waals surface area (Å²) in [6.07, 6.45) is 5.83. The fourth-order valence-corrected chi connectivity index (χ4v) is 6.01. The summed E-state index contributed by atoms with van der Waals surface area (Å²) in [5.74, 6) is 2.26. The van der Waals surface area contributed by atoms with Crippen molar-refractivity contribution >= 4 is 6.09 Å². The van der Waals surface area contributed by atoms with E-state index in [1.807, 2.05) is 13.0 Å². The van der Waals surface area contributed by atoms with Gasteiger partial charge in [0.1, 0.15) is 11.9 Å². The molecular formula is C20H27NO3. The van der Waals surface area contributed by atoms with Gasteiger partial charge in [-0.3, -0.25) is 0 Å². The van der Waals surface area contributed by atoms with E-state index < -0.39 is 6.09 Å². The highest BCUT2D eigenvalue weighted by Gasteiger charge is 2.56. The Kier molecular flexibility index (Phi) is 3.55. The lowest BCUT2D eigenvalue weighted by atomic mass is 9.55. The van der Waals surface area contributed by atoms with Crippen LogP contribution < -0.4 is 5.73 Å². The maximum absolute atomic E-state index is 11.3. The van der Waals surface area contributed by atoms with Crippen molar-refractivity contribution in [2.45, 2.75) is 64.4 Å². The van der Waals surface area contributed by atoms with Crippen LogP contribution in [0.15, 0.2) is 12.1 Å². The topological polar surface area (TPSA) is 72.6 Å². The summed E-state index contributed by atoms with van der Waals surface area (Å²) >= 11 is 0. The van der Waals surface area contributed by atoms with Crippen molar-refractivity contribution in [1.82, 2.24) is 0 Å². The van der Waals surface area contributed by atoms with Gasteiger partial charge in [0.2, 0.25) is 0 Å². The minimum Gasteiger partial charge on any atom is -0.508 e. The molecule has 3 aliphatic carbocycles. The van der Waals surface area contributed by atoms with Crippen LogP contribution in [0.1, 0.15) is 61.6 Å². The summed E-state index contributed by atoms with van der Waals surface area (Å²) in [6.45, 7) is 4.28. The summed E-state index contributed by atoms with van der Waals surface area (Å²) in [5, 5.41) is 10.0. The fourth-order valence-electron chi connectivity index (χ4n) is 6.01. The Bertz CT molecular complexity index is 686. The average Bonchev–Trinajstić information content (AvgIpc) is 2.85. The molecule has 4 nitrogen and oxygen atoms in total. The maximum Gasteiger partial charge on any atom is 0.404 e. The molecule has 0 radical (unpaired) electrons. The summed E-state index contributed by atoms with van der Waals surface area (Å²) < 4.78 is 5.47. The second-order valence-electron chi connectivity index (χ2n) is 8.30. The quantitative estimate of drug-likeness (QED) is 0.817. The zero-order valence-electron chi connectivity index (χ0n) is 14.5. The SMILES string of the molecule is Cc1cc2c(cc1O)CC[C@@H]1[C@@H]2CC[C@]2(C)[C@@H](OC(N)=O)CC[C@@H]12. The van der Waals surface area contributed by atoms with Gasteiger partial charge in [0, 0.05) is 5.41 Å². The molecule has 3 aliphatic rings. The van der Waals surface area contributed by atoms with Gasteiger partial charge >= 0.3 is 6.09 Å². The van der Waals surface area contributed by atoms with Crippen LogP contribution in [0.4, 0.5) is 4.79 Å². The van der Waals surface area contributed by atoms with Crippen molar-refractivity contribution in [3.63, 3.8) is 0 Å². The Morgan fingerprint density at radius 2 is 2.08 bits per heavy atom. The van der Waals surface area contributed by atoms with E-state index in [0.717, 1.165) is 37.7 Å². The van der Waals surface area contributed by atoms with Crippen LogP contribution in [0.3, 0.4) is 0 Å². The zero-order chi connectivity index (χ0) is 17.1. The Balaban J connectivity index is 1.65. The largest absolute Gasteiger partial charge is 0.508 e. The first kappa shape index (κ1) is 15.8. The monoisotopic (exact) mass is 329 g/mol. The van der Waals surface area contributed by atoms with E-state index >= 15 is 0 Å². The Hall–Kier alpha value is -1.71. The van der Waals surface area contributed by atoms with Crippen LogP contribution >= 0.6 is 0 Å². The molecule has 0 unspecified atom stereocenters. The predicted octanol–water partition coefficient (Wildman–Crippen LogP) is 4.02. The molecule has 4 rings (SSSR count). The van der Waals surface area contributed by atoms with Crippen LogP contribution in [0.2, 0.25) is 0 Å². The number of fused-ring (bicyclic) bond motifs is 5. The van der Waals surface area contributed by atoms with Crippen molar-refractivity contribution in [2.24, 2.45) is 23.0 Å². The number of nitrogens with two attached hydrogens (primary N) is 1. The number of hydrogen-bond donors (Lipinski definition) is 2. The highest BCUT2D eigenvalue weighted by molar-refractivity contribution is 5.65. The standard InChI is InChI=1S/C20H27NO3/c1-11-9-15-12(10-17(11)22)3-4-14-13(15)7-8-20(2)16(14)5-6-18(20)24-19(21)23/h9-10,13-14,16,18,22H,3-8H2,1-2H3,(H2,21,23)/t13-,14+,16-,18-,20-/m0/s1. The molecule has 0 spiro atoms. The van der Waals surface area contributed by atoms with E-state index in [2.05, 4.69) is 13.0 Å². The minimum absolute atomic E-state index is 0.0242. The van der Waals surface area contributed by atoms with Gasteiger partial charge in [0.05, 0.1) is 0 Å². The number of benzene rings is 1. The van der Waals surface area contributed by atoms with E-state index in [4.69, 9.17) is 10.5 Å². The third kappa shape index (κ3) is 2.22. The number of amides is 1. The Morgan fingerprint density at radius 3 is 2.83 bits per heavy atom. The molecule has 0 heterocycles. The minimum atomic E-state index is -0.635. The lowest BCUT2D eigenvalue weighted by Crippen LogP contribution is -2.45. The molecule has 2 saturated carbocycles. The van der Waals surface area contributed by atoms with E-state index in [1.165, 1.54) is 17.5 Å². The number of rotatable bonds is 1. The fraction of sp³-hybridized carbons (Fsp3) is 0.650. The van der Waals surface area contributed by atoms with Crippen molar-refractivity contribution in [3.8, 4) is 5.75 Å². The second-order valence-corrected chi connectivity index (χ2v) is 8.30. The zero-order valence-corrected chi connectivity index (χ0v) is 14.5. The lowest BCUT2D eigenvalue weighted by Gasteiger charge is -2.50. The third-order valence-corrected chi connectivity index (χ3v) is 7.21. The van der Waals surface area contributed by atoms with Crippen LogP contribution in [0, 0.1) is 24.2 Å². The average molecular weight is 329 g/mol. The van der Waals surface area contributed by atoms with Crippen molar-refractivity contribution in [1.29, 1.82) is 0 Å². The van der Waals surface area contributed by atoms with Gasteiger partial charge in [0.25, 0.3) is 0 Å². The number of ether oxygens (including phenoxy) is 1. The first-order valence-corrected chi connectivity index (χ1v) is 9.18. The predicted molar refractivity (Wildman–Crippen MR) is 91.9 cm³/mol. The van der Waals surface area contributed by atoms with E-state index in [-0.39, 0.29) is 11.5 Å². The van der Waals surface area contributed by atoms with Crippen LogP contribution in [0.25, 0.3) is 0 Å². The van der Waals surface area contributed by atoms with Crippen molar-refractivity contribution < 1.29 is 14.6 Å². The molecule has 2 fully saturated rings. The number of phenols is 1. The molecule has 24 heavy (non-hydrogen) atoms. The number of aromatic hydroxyl groups is 1. The summed E-state index contributed by atoms with van der Waals surface area (Å²) in [6, 6.07) is 4.18. The number of phenolic OH excluding ortho intramolecular Hbond substituents is 1. The highest BCUT2D eigenvalue weighted by atomic mass is 16.6. The molecular weight excluding hydrogens is 302 g/mol. The Labute approximate surface area is 143 Å². The normalized spacial score (nSPS) is 37.2. The molecule has 0 saturated heterocycles. The second kappa shape index (κ2) is 5.40. The first-order valence-electron chi connectivity index (χ1n) is 9.18. The number of carbonyl (C=O) groups is 1. The third-order valence-electron chi connectivity index (χ3n) is 7.21. The van der Waals surface area contributed by atoms with Gasteiger partial charge in [0.15, 0.2) is 0 Å². The van der Waals surface area contributed by atoms with Gasteiger partial charge < -0.3 is 15.6 Å². The lowest BCUT2D eigenvalue weighted by molar-refractivity contribution is -0.0291. The van der Waals surface area contributed by atoms with Gasteiger partial charge in [-0.15, -0.1) is 0 Å². The number of carbonyl (C=O) groups excluding carboxylic acids is 1. The molecule has 1 amide bonds. The van der Waals surface area contributed by atoms with Crippen molar-refractivity contribution in [3.05, 3.63) is 28.8 Å². The molecule has 0 aliphatic heterocycles. The summed E-state index contributed by atoms with van der Waals surface area (Å²) in [7, 11) is 0. The Morgan fingerprint density at radius 1 is 1.29 bits per heavy atom. The molecule has 5 atom stereocenters. The number of aryl methyl sites for hydroxylation is 2. The molecule has 0 bridgehead atoms. The highest BCUT2D eigenvalue weighted by Crippen LogP contribution is 2.61. The van der Waals surface area contributed by atoms with Gasteiger partial charge in [-0.1, -0.05) is 13.0 Å². The van der Waals surface area contributed by atoms with E-state index in [9.17, 15) is 9.90 Å². The van der Waals surface area contributed by atoms with Gasteiger partial charge in [-0.25, -0.2) is 4.79 Å². The van der Waals surface area contributed by atoms with Crippen LogP contribution in [-0.4, -0.2) is 17.3 Å². The number of hydrogen-bond acceptors (Lipinski definition) is 3. The molecule has 3 N–H and O–H groups in total. The van der Waals surface area contributed by atoms with Gasteiger partial charge in [-0.2, -0.15) is 0 Å². The van der Waals surface area contributed by atoms with E-state index in [0.29, 0.717) is 23.5 Å². The molecule has 1 aromatic rings. The smallest absolute Gasteiger partial charge is 0.404 e. The summed E-state index contributed by atoms with van der Waals surface area (Å²) in [4.78, 5) is 11.3. The van der Waals surface area contributed by atoms with Crippen LogP contribution in [0.5, 0.6) is 5.75 Å². The molecule has 4 heteroatoms. The molecule has 1 aromatic carbocycles.